The van der Waals surface area contributed by atoms with Gasteiger partial charge < -0.3 is 15.0 Å². The van der Waals surface area contributed by atoms with Gasteiger partial charge in [0.1, 0.15) is 0 Å². The van der Waals surface area contributed by atoms with E-state index in [1.807, 2.05) is 6.92 Å². The van der Waals surface area contributed by atoms with Crippen LogP contribution >= 0.6 is 0 Å². The molecular formula is C22H30N2O3. The maximum Gasteiger partial charge on any atom is 0.407 e. The van der Waals surface area contributed by atoms with E-state index in [2.05, 4.69) is 53.1 Å². The minimum absolute atomic E-state index is 0.0356. The molecule has 1 aliphatic heterocycles. The van der Waals surface area contributed by atoms with Crippen molar-refractivity contribution in [3.63, 3.8) is 0 Å². The molecule has 3 atom stereocenters. The van der Waals surface area contributed by atoms with Crippen molar-refractivity contribution in [1.29, 1.82) is 0 Å². The second-order valence-electron chi connectivity index (χ2n) is 9.20. The lowest BCUT2D eigenvalue weighted by Gasteiger charge is -2.45. The monoisotopic (exact) mass is 370 g/mol. The number of fused-ring (bicyclic) bond motifs is 1. The highest BCUT2D eigenvalue weighted by atomic mass is 16.5. The Labute approximate surface area is 161 Å². The first kappa shape index (κ1) is 18.3. The molecule has 3 fully saturated rings. The summed E-state index contributed by atoms with van der Waals surface area (Å²) in [6.45, 7) is 8.19. The van der Waals surface area contributed by atoms with Gasteiger partial charge in [-0.05, 0) is 54.6 Å². The van der Waals surface area contributed by atoms with Gasteiger partial charge in [-0.25, -0.2) is 4.79 Å². The summed E-state index contributed by atoms with van der Waals surface area (Å²) in [6, 6.07) is 9.06. The summed E-state index contributed by atoms with van der Waals surface area (Å²) in [4.78, 5) is 26.2. The molecule has 0 spiro atoms. The van der Waals surface area contributed by atoms with Crippen molar-refractivity contribution in [2.75, 3.05) is 20.2 Å². The fourth-order valence-corrected chi connectivity index (χ4v) is 5.16. The van der Waals surface area contributed by atoms with E-state index in [9.17, 15) is 9.59 Å². The second-order valence-corrected chi connectivity index (χ2v) is 9.20. The van der Waals surface area contributed by atoms with Gasteiger partial charge in [-0.15, -0.1) is 0 Å². The van der Waals surface area contributed by atoms with Crippen LogP contribution in [0, 0.1) is 17.8 Å². The summed E-state index contributed by atoms with van der Waals surface area (Å²) in [5.41, 5.74) is 2.51. The second kappa shape index (κ2) is 6.54. The Morgan fingerprint density at radius 1 is 1.15 bits per heavy atom. The maximum absolute atomic E-state index is 12.8. The number of hydrogen-bond acceptors (Lipinski definition) is 3. The summed E-state index contributed by atoms with van der Waals surface area (Å²) < 4.78 is 4.67. The number of carbonyl (C=O) groups excluding carboxylic acids is 2. The SMILES string of the molecule is COC(=O)N[C@]1(C)C[C@H](C(=O)N2C[C@@H]3[C@H](C2)[C@H]3c2ccc(C(C)C)cc2)C1. The van der Waals surface area contributed by atoms with Gasteiger partial charge in [-0.1, -0.05) is 38.1 Å². The smallest absolute Gasteiger partial charge is 0.407 e. The van der Waals surface area contributed by atoms with Crippen LogP contribution in [0.25, 0.3) is 0 Å². The van der Waals surface area contributed by atoms with Gasteiger partial charge in [0, 0.05) is 24.5 Å². The van der Waals surface area contributed by atoms with Crippen LogP contribution in [0.5, 0.6) is 0 Å². The van der Waals surface area contributed by atoms with E-state index in [4.69, 9.17) is 0 Å². The highest BCUT2D eigenvalue weighted by molar-refractivity contribution is 5.81. The van der Waals surface area contributed by atoms with Crippen LogP contribution in [0.2, 0.25) is 0 Å². The molecular weight excluding hydrogens is 340 g/mol. The number of methoxy groups -OCH3 is 1. The number of benzene rings is 1. The Morgan fingerprint density at radius 2 is 1.74 bits per heavy atom. The Hall–Kier alpha value is -2.04. The summed E-state index contributed by atoms with van der Waals surface area (Å²) in [7, 11) is 1.36. The number of nitrogens with one attached hydrogen (secondary N) is 1. The lowest BCUT2D eigenvalue weighted by atomic mass is 9.69. The molecule has 1 heterocycles. The summed E-state index contributed by atoms with van der Waals surface area (Å²) >= 11 is 0. The molecule has 2 aliphatic carbocycles. The van der Waals surface area contributed by atoms with Crippen LogP contribution in [0.4, 0.5) is 4.79 Å². The molecule has 27 heavy (non-hydrogen) atoms. The molecule has 1 aromatic rings. The molecule has 1 N–H and O–H groups in total. The third kappa shape index (κ3) is 3.32. The predicted octanol–water partition coefficient (Wildman–Crippen LogP) is 3.51. The molecule has 1 saturated heterocycles. The van der Waals surface area contributed by atoms with Crippen LogP contribution in [0.1, 0.15) is 56.6 Å². The zero-order chi connectivity index (χ0) is 19.3. The Morgan fingerprint density at radius 3 is 2.26 bits per heavy atom. The van der Waals surface area contributed by atoms with Gasteiger partial charge in [0.25, 0.3) is 0 Å². The molecule has 5 nitrogen and oxygen atoms in total. The van der Waals surface area contributed by atoms with Crippen molar-refractivity contribution in [3.05, 3.63) is 35.4 Å². The first-order valence-electron chi connectivity index (χ1n) is 10.1. The Bertz CT molecular complexity index is 724. The topological polar surface area (TPSA) is 58.6 Å². The van der Waals surface area contributed by atoms with E-state index in [0.29, 0.717) is 36.5 Å². The van der Waals surface area contributed by atoms with Crippen molar-refractivity contribution < 1.29 is 14.3 Å². The molecule has 0 unspecified atom stereocenters. The van der Waals surface area contributed by atoms with E-state index in [0.717, 1.165) is 13.1 Å². The Balaban J connectivity index is 1.28. The number of hydrogen-bond donors (Lipinski definition) is 1. The average Bonchev–Trinajstić information content (AvgIpc) is 3.12. The fraction of sp³-hybridized carbons (Fsp3) is 0.636. The maximum atomic E-state index is 12.8. The number of rotatable bonds is 4. The lowest BCUT2D eigenvalue weighted by Crippen LogP contribution is -2.58. The van der Waals surface area contributed by atoms with Crippen LogP contribution in [-0.4, -0.2) is 42.6 Å². The summed E-state index contributed by atoms with van der Waals surface area (Å²) in [5, 5.41) is 2.84. The molecule has 2 amide bonds. The van der Waals surface area contributed by atoms with E-state index < -0.39 is 6.09 Å². The Kier molecular flexibility index (Phi) is 4.44. The number of carbonyl (C=O) groups is 2. The average molecular weight is 370 g/mol. The first-order chi connectivity index (χ1) is 12.8. The molecule has 146 valence electrons. The molecule has 0 aromatic heterocycles. The van der Waals surface area contributed by atoms with Crippen molar-refractivity contribution in [2.45, 2.75) is 51.0 Å². The van der Waals surface area contributed by atoms with Crippen molar-refractivity contribution in [1.82, 2.24) is 10.2 Å². The summed E-state index contributed by atoms with van der Waals surface area (Å²) in [5.74, 6) is 2.74. The number of ether oxygens (including phenoxy) is 1. The van der Waals surface area contributed by atoms with E-state index >= 15 is 0 Å². The van der Waals surface area contributed by atoms with Gasteiger partial charge in [-0.2, -0.15) is 0 Å². The van der Waals surface area contributed by atoms with Crippen molar-refractivity contribution in [2.24, 2.45) is 17.8 Å². The van der Waals surface area contributed by atoms with E-state index in [1.54, 1.807) is 0 Å². The molecule has 2 saturated carbocycles. The molecule has 4 rings (SSSR count). The van der Waals surface area contributed by atoms with Crippen LogP contribution < -0.4 is 5.32 Å². The molecule has 1 aromatic carbocycles. The van der Waals surface area contributed by atoms with Crippen LogP contribution in [0.15, 0.2) is 24.3 Å². The predicted molar refractivity (Wildman–Crippen MR) is 104 cm³/mol. The van der Waals surface area contributed by atoms with Crippen molar-refractivity contribution in [3.8, 4) is 0 Å². The standard InChI is InChI=1S/C22H30N2O3/c1-13(2)14-5-7-15(8-6-14)19-17-11-24(12-18(17)19)20(25)16-9-22(3,10-16)23-21(26)27-4/h5-8,13,16-19H,9-12H2,1-4H3,(H,23,26)/t16-,17-,18+,19+,22+. The highest BCUT2D eigenvalue weighted by Crippen LogP contribution is 2.58. The van der Waals surface area contributed by atoms with Gasteiger partial charge in [0.2, 0.25) is 5.91 Å². The highest BCUT2D eigenvalue weighted by Gasteiger charge is 2.58. The van der Waals surface area contributed by atoms with Gasteiger partial charge in [-0.3, -0.25) is 4.79 Å². The number of nitrogens with zero attached hydrogens (tertiary/aromatic N) is 1. The van der Waals surface area contributed by atoms with Gasteiger partial charge in [0.05, 0.1) is 7.11 Å². The molecule has 3 aliphatic rings. The largest absolute Gasteiger partial charge is 0.453 e. The number of alkyl carbamates (subject to hydrolysis) is 1. The number of likely N-dealkylation sites (tertiary alicyclic amines) is 1. The third-order valence-electron chi connectivity index (χ3n) is 6.83. The van der Waals surface area contributed by atoms with Gasteiger partial charge in [0.15, 0.2) is 0 Å². The minimum Gasteiger partial charge on any atom is -0.453 e. The molecule has 0 bridgehead atoms. The molecule has 5 heteroatoms. The zero-order valence-electron chi connectivity index (χ0n) is 16.7. The third-order valence-corrected chi connectivity index (χ3v) is 6.83. The van der Waals surface area contributed by atoms with Crippen LogP contribution in [-0.2, 0) is 9.53 Å². The van der Waals surface area contributed by atoms with Crippen LogP contribution in [0.3, 0.4) is 0 Å². The van der Waals surface area contributed by atoms with E-state index in [-0.39, 0.29) is 17.4 Å². The minimum atomic E-state index is -0.419. The number of amides is 2. The van der Waals surface area contributed by atoms with Gasteiger partial charge >= 0.3 is 6.09 Å². The number of piperidine rings is 1. The lowest BCUT2D eigenvalue weighted by molar-refractivity contribution is -0.140. The molecule has 0 radical (unpaired) electrons. The normalized spacial score (nSPS) is 34.0. The van der Waals surface area contributed by atoms with E-state index in [1.165, 1.54) is 18.2 Å². The summed E-state index contributed by atoms with van der Waals surface area (Å²) in [6.07, 6.45) is 0.983. The fourth-order valence-electron chi connectivity index (χ4n) is 5.16. The van der Waals surface area contributed by atoms with Crippen molar-refractivity contribution >= 4 is 12.0 Å². The quantitative estimate of drug-likeness (QED) is 0.882. The zero-order valence-corrected chi connectivity index (χ0v) is 16.7. The first-order valence-corrected chi connectivity index (χ1v) is 10.1.